The molecule has 0 aliphatic carbocycles. The van der Waals surface area contributed by atoms with Crippen LogP contribution in [0.3, 0.4) is 0 Å². The molecule has 5 heteroatoms. The van der Waals surface area contributed by atoms with Crippen molar-refractivity contribution < 1.29 is 9.53 Å². The van der Waals surface area contributed by atoms with E-state index in [1.807, 2.05) is 50.2 Å². The highest BCUT2D eigenvalue weighted by atomic mass is 32.1. The molecule has 0 amide bonds. The molecule has 2 aromatic carbocycles. The minimum atomic E-state index is 0.0280. The van der Waals surface area contributed by atoms with Crippen molar-refractivity contribution in [3.8, 4) is 5.75 Å². The fourth-order valence-electron chi connectivity index (χ4n) is 2.28. The normalized spacial score (nSPS) is 11.5. The lowest BCUT2D eigenvalue weighted by atomic mass is 10.1. The van der Waals surface area contributed by atoms with Gasteiger partial charge >= 0.3 is 0 Å². The van der Waals surface area contributed by atoms with Crippen LogP contribution in [0.5, 0.6) is 5.75 Å². The number of benzene rings is 2. The Kier molecular flexibility index (Phi) is 6.32. The molecular weight excluding hydrogens is 320 g/mol. The number of ether oxygens (including phenoxy) is 1. The van der Waals surface area contributed by atoms with Gasteiger partial charge in [0.1, 0.15) is 5.75 Å². The van der Waals surface area contributed by atoms with Crippen molar-refractivity contribution in [3.05, 3.63) is 59.7 Å². The van der Waals surface area contributed by atoms with Crippen molar-refractivity contribution in [1.29, 1.82) is 0 Å². The van der Waals surface area contributed by atoms with Gasteiger partial charge in [-0.2, -0.15) is 0 Å². The van der Waals surface area contributed by atoms with E-state index in [1.165, 1.54) is 0 Å². The minimum Gasteiger partial charge on any atom is -0.494 e. The molecule has 0 aliphatic heterocycles. The maximum atomic E-state index is 11.4. The maximum absolute atomic E-state index is 11.4. The Labute approximate surface area is 148 Å². The van der Waals surface area contributed by atoms with Crippen LogP contribution in [0.1, 0.15) is 42.7 Å². The summed E-state index contributed by atoms with van der Waals surface area (Å²) in [5.74, 6) is 0.885. The number of thiocarbonyl (C=S) groups is 1. The zero-order valence-corrected chi connectivity index (χ0v) is 14.9. The molecule has 2 aromatic rings. The van der Waals surface area contributed by atoms with Crippen LogP contribution in [-0.4, -0.2) is 17.5 Å². The first-order valence-electron chi connectivity index (χ1n) is 7.91. The second-order valence-corrected chi connectivity index (χ2v) is 5.87. The fraction of sp³-hybridized carbons (Fsp3) is 0.263. The van der Waals surface area contributed by atoms with Gasteiger partial charge in [0.25, 0.3) is 0 Å². The molecule has 0 heterocycles. The molecule has 0 saturated heterocycles. The third-order valence-corrected chi connectivity index (χ3v) is 3.79. The second kappa shape index (κ2) is 8.45. The summed E-state index contributed by atoms with van der Waals surface area (Å²) in [7, 11) is 0. The molecular formula is C19H22N2O2S. The molecule has 0 bridgehead atoms. The molecule has 2 rings (SSSR count). The van der Waals surface area contributed by atoms with Gasteiger partial charge in [-0.15, -0.1) is 0 Å². The highest BCUT2D eigenvalue weighted by Gasteiger charge is 2.08. The molecule has 1 atom stereocenters. The Balaban J connectivity index is 1.96. The molecule has 0 fully saturated rings. The highest BCUT2D eigenvalue weighted by molar-refractivity contribution is 7.80. The van der Waals surface area contributed by atoms with E-state index in [9.17, 15) is 4.79 Å². The first kappa shape index (κ1) is 17.9. The zero-order valence-electron chi connectivity index (χ0n) is 14.1. The molecule has 126 valence electrons. The van der Waals surface area contributed by atoms with E-state index >= 15 is 0 Å². The van der Waals surface area contributed by atoms with Crippen molar-refractivity contribution in [1.82, 2.24) is 5.32 Å². The van der Waals surface area contributed by atoms with Gasteiger partial charge in [-0.3, -0.25) is 4.79 Å². The van der Waals surface area contributed by atoms with Crippen LogP contribution in [0.4, 0.5) is 5.69 Å². The molecule has 0 aromatic heterocycles. The fourth-order valence-corrected chi connectivity index (χ4v) is 2.58. The largest absolute Gasteiger partial charge is 0.494 e. The average molecular weight is 342 g/mol. The third kappa shape index (κ3) is 5.06. The topological polar surface area (TPSA) is 50.4 Å². The smallest absolute Gasteiger partial charge is 0.171 e. The Morgan fingerprint density at radius 1 is 1.21 bits per heavy atom. The summed E-state index contributed by atoms with van der Waals surface area (Å²) in [6.45, 7) is 6.20. The summed E-state index contributed by atoms with van der Waals surface area (Å²) < 4.78 is 5.45. The number of nitrogens with one attached hydrogen (secondary N) is 2. The summed E-state index contributed by atoms with van der Waals surface area (Å²) in [6, 6.07) is 15.3. The number of carbonyl (C=O) groups is 1. The van der Waals surface area contributed by atoms with Crippen LogP contribution >= 0.6 is 12.2 Å². The van der Waals surface area contributed by atoms with Gasteiger partial charge in [-0.05, 0) is 62.8 Å². The van der Waals surface area contributed by atoms with Crippen LogP contribution in [0.15, 0.2) is 48.5 Å². The van der Waals surface area contributed by atoms with E-state index in [0.717, 1.165) is 17.0 Å². The molecule has 4 nitrogen and oxygen atoms in total. The summed E-state index contributed by atoms with van der Waals surface area (Å²) in [5, 5.41) is 6.86. The number of anilines is 1. The first-order valence-corrected chi connectivity index (χ1v) is 8.31. The van der Waals surface area contributed by atoms with Crippen molar-refractivity contribution in [2.24, 2.45) is 0 Å². The lowest BCUT2D eigenvalue weighted by Crippen LogP contribution is -2.30. The number of ketones is 1. The molecule has 1 unspecified atom stereocenters. The first-order chi connectivity index (χ1) is 11.5. The lowest BCUT2D eigenvalue weighted by molar-refractivity contribution is 0.101. The number of hydrogen-bond acceptors (Lipinski definition) is 3. The van der Waals surface area contributed by atoms with Gasteiger partial charge in [-0.25, -0.2) is 0 Å². The zero-order chi connectivity index (χ0) is 17.5. The molecule has 0 radical (unpaired) electrons. The van der Waals surface area contributed by atoms with Crippen LogP contribution < -0.4 is 15.4 Å². The van der Waals surface area contributed by atoms with Crippen LogP contribution in [0.25, 0.3) is 0 Å². The quantitative estimate of drug-likeness (QED) is 0.604. The van der Waals surface area contributed by atoms with Gasteiger partial charge in [0.05, 0.1) is 12.6 Å². The van der Waals surface area contributed by atoms with E-state index < -0.39 is 0 Å². The van der Waals surface area contributed by atoms with Crippen molar-refractivity contribution in [2.45, 2.75) is 26.8 Å². The number of hydrogen-bond donors (Lipinski definition) is 2. The summed E-state index contributed by atoms with van der Waals surface area (Å²) in [6.07, 6.45) is 0. The van der Waals surface area contributed by atoms with E-state index in [1.54, 1.807) is 19.1 Å². The van der Waals surface area contributed by atoms with E-state index in [4.69, 9.17) is 17.0 Å². The molecule has 2 N–H and O–H groups in total. The van der Waals surface area contributed by atoms with Gasteiger partial charge in [0.2, 0.25) is 0 Å². The van der Waals surface area contributed by atoms with Crippen LogP contribution in [-0.2, 0) is 0 Å². The predicted molar refractivity (Wildman–Crippen MR) is 102 cm³/mol. The average Bonchev–Trinajstić information content (AvgIpc) is 2.55. The Morgan fingerprint density at radius 2 is 1.92 bits per heavy atom. The van der Waals surface area contributed by atoms with Gasteiger partial charge in [-0.1, -0.05) is 24.3 Å². The van der Waals surface area contributed by atoms with Gasteiger partial charge in [0.15, 0.2) is 10.9 Å². The van der Waals surface area contributed by atoms with E-state index in [0.29, 0.717) is 17.3 Å². The number of Topliss-reactive ketones (excluding diaryl/α,β-unsaturated/α-hetero) is 1. The minimum absolute atomic E-state index is 0.0280. The Morgan fingerprint density at radius 3 is 2.54 bits per heavy atom. The SMILES string of the molecule is CCOc1ccc(C(C)NC(=S)Nc2cccc(C(C)=O)c2)cc1. The number of carbonyl (C=O) groups excluding carboxylic acids is 1. The molecule has 0 aliphatic rings. The monoisotopic (exact) mass is 342 g/mol. The van der Waals surface area contributed by atoms with E-state index in [-0.39, 0.29) is 11.8 Å². The summed E-state index contributed by atoms with van der Waals surface area (Å²) in [4.78, 5) is 11.4. The van der Waals surface area contributed by atoms with Crippen molar-refractivity contribution in [2.75, 3.05) is 11.9 Å². The van der Waals surface area contributed by atoms with Crippen molar-refractivity contribution in [3.63, 3.8) is 0 Å². The highest BCUT2D eigenvalue weighted by Crippen LogP contribution is 2.18. The Bertz CT molecular complexity index is 714. The van der Waals surface area contributed by atoms with Crippen LogP contribution in [0, 0.1) is 0 Å². The summed E-state index contributed by atoms with van der Waals surface area (Å²) in [5.41, 5.74) is 2.56. The molecule has 0 saturated carbocycles. The maximum Gasteiger partial charge on any atom is 0.171 e. The van der Waals surface area contributed by atoms with Gasteiger partial charge in [0, 0.05) is 11.3 Å². The summed E-state index contributed by atoms with van der Waals surface area (Å²) >= 11 is 5.36. The lowest BCUT2D eigenvalue weighted by Gasteiger charge is -2.18. The van der Waals surface area contributed by atoms with E-state index in [2.05, 4.69) is 10.6 Å². The standard InChI is InChI=1S/C19H22N2O2S/c1-4-23-18-10-8-15(9-11-18)13(2)20-19(24)21-17-7-5-6-16(12-17)14(3)22/h5-13H,4H2,1-3H3,(H2,20,21,24). The van der Waals surface area contributed by atoms with Crippen molar-refractivity contribution >= 4 is 28.8 Å². The van der Waals surface area contributed by atoms with Gasteiger partial charge < -0.3 is 15.4 Å². The molecule has 24 heavy (non-hydrogen) atoms. The molecule has 0 spiro atoms. The van der Waals surface area contributed by atoms with Crippen LogP contribution in [0.2, 0.25) is 0 Å². The Hall–Kier alpha value is -2.40. The third-order valence-electron chi connectivity index (χ3n) is 3.57. The predicted octanol–water partition coefficient (Wildman–Crippen LogP) is 4.34. The second-order valence-electron chi connectivity index (χ2n) is 5.46. The number of rotatable bonds is 6.